The number of aliphatic imine (C=N–C) groups is 1. The quantitative estimate of drug-likeness (QED) is 0.306. The van der Waals surface area contributed by atoms with E-state index in [1.807, 2.05) is 36.5 Å². The second kappa shape index (κ2) is 13.2. The molecular formula is C21H32IN5O2. The molecule has 0 aliphatic heterocycles. The first kappa shape index (κ1) is 25.0. The van der Waals surface area contributed by atoms with E-state index < -0.39 is 0 Å². The van der Waals surface area contributed by atoms with Crippen LogP contribution in [0.4, 0.5) is 0 Å². The van der Waals surface area contributed by atoms with Crippen molar-refractivity contribution < 1.29 is 9.47 Å². The van der Waals surface area contributed by atoms with Crippen molar-refractivity contribution in [3.8, 4) is 11.5 Å². The standard InChI is InChI=1S/C21H31N5O2.HI/c1-22-21(24-13-11-17-8-6-7-12-23-17)25-15-18(26(2)3)16-9-10-19(27-4)20(14-16)28-5;/h6-10,12,14,18H,11,13,15H2,1-5H3,(H2,22,24,25);1H. The maximum absolute atomic E-state index is 5.44. The highest BCUT2D eigenvalue weighted by Gasteiger charge is 2.17. The lowest BCUT2D eigenvalue weighted by Gasteiger charge is -2.26. The molecule has 0 saturated carbocycles. The highest BCUT2D eigenvalue weighted by Crippen LogP contribution is 2.31. The van der Waals surface area contributed by atoms with E-state index in [4.69, 9.17) is 9.47 Å². The van der Waals surface area contributed by atoms with E-state index in [1.54, 1.807) is 21.3 Å². The van der Waals surface area contributed by atoms with E-state index in [0.29, 0.717) is 6.54 Å². The van der Waals surface area contributed by atoms with E-state index in [0.717, 1.165) is 41.7 Å². The molecule has 8 heteroatoms. The highest BCUT2D eigenvalue weighted by atomic mass is 127. The van der Waals surface area contributed by atoms with Gasteiger partial charge in [-0.1, -0.05) is 12.1 Å². The molecule has 0 spiro atoms. The molecule has 0 amide bonds. The van der Waals surface area contributed by atoms with Crippen LogP contribution in [0.15, 0.2) is 47.6 Å². The maximum atomic E-state index is 5.44. The molecule has 2 rings (SSSR count). The number of hydrogen-bond donors (Lipinski definition) is 2. The molecule has 0 radical (unpaired) electrons. The Morgan fingerprint density at radius 2 is 1.86 bits per heavy atom. The van der Waals surface area contributed by atoms with Gasteiger partial charge in [0.1, 0.15) is 0 Å². The van der Waals surface area contributed by atoms with Crippen molar-refractivity contribution in [3.05, 3.63) is 53.9 Å². The molecular weight excluding hydrogens is 481 g/mol. The zero-order chi connectivity index (χ0) is 20.4. The Bertz CT molecular complexity index is 756. The molecule has 0 aliphatic rings. The summed E-state index contributed by atoms with van der Waals surface area (Å²) in [5, 5.41) is 6.75. The van der Waals surface area contributed by atoms with Gasteiger partial charge in [0.25, 0.3) is 0 Å². The molecule has 29 heavy (non-hydrogen) atoms. The number of halogens is 1. The number of pyridine rings is 1. The molecule has 1 aromatic carbocycles. The van der Waals surface area contributed by atoms with Gasteiger partial charge < -0.3 is 25.0 Å². The summed E-state index contributed by atoms with van der Waals surface area (Å²) in [6.45, 7) is 1.46. The van der Waals surface area contributed by atoms with Crippen molar-refractivity contribution in [2.45, 2.75) is 12.5 Å². The predicted octanol–water partition coefficient (Wildman–Crippen LogP) is 2.73. The minimum Gasteiger partial charge on any atom is -0.493 e. The zero-order valence-electron chi connectivity index (χ0n) is 17.8. The van der Waals surface area contributed by atoms with Crippen LogP contribution in [0, 0.1) is 0 Å². The Morgan fingerprint density at radius 3 is 2.45 bits per heavy atom. The summed E-state index contributed by atoms with van der Waals surface area (Å²) in [5.41, 5.74) is 2.20. The number of rotatable bonds is 9. The van der Waals surface area contributed by atoms with Crippen LogP contribution in [0.25, 0.3) is 0 Å². The third-order valence-electron chi connectivity index (χ3n) is 4.50. The number of likely N-dealkylation sites (N-methyl/N-ethyl adjacent to an activating group) is 1. The first-order valence-electron chi connectivity index (χ1n) is 9.31. The molecule has 2 aromatic rings. The number of methoxy groups -OCH3 is 2. The minimum atomic E-state index is 0. The van der Waals surface area contributed by atoms with E-state index in [1.165, 1.54) is 0 Å². The van der Waals surface area contributed by atoms with E-state index in [9.17, 15) is 0 Å². The topological polar surface area (TPSA) is 71.0 Å². The summed E-state index contributed by atoms with van der Waals surface area (Å²) >= 11 is 0. The fourth-order valence-corrected chi connectivity index (χ4v) is 2.93. The SMILES string of the molecule is CN=C(NCCc1ccccn1)NCC(c1ccc(OC)c(OC)c1)N(C)C.I. The zero-order valence-corrected chi connectivity index (χ0v) is 20.1. The monoisotopic (exact) mass is 513 g/mol. The van der Waals surface area contributed by atoms with Crippen molar-refractivity contribution in [3.63, 3.8) is 0 Å². The van der Waals surface area contributed by atoms with Crippen LogP contribution in [0.3, 0.4) is 0 Å². The molecule has 1 unspecified atom stereocenters. The maximum Gasteiger partial charge on any atom is 0.191 e. The van der Waals surface area contributed by atoms with Crippen molar-refractivity contribution in [2.24, 2.45) is 4.99 Å². The number of guanidine groups is 1. The largest absolute Gasteiger partial charge is 0.493 e. The number of benzene rings is 1. The first-order chi connectivity index (χ1) is 13.6. The van der Waals surface area contributed by atoms with Crippen LogP contribution in [0.1, 0.15) is 17.3 Å². The van der Waals surface area contributed by atoms with Gasteiger partial charge in [-0.05, 0) is 43.9 Å². The van der Waals surface area contributed by atoms with Crippen molar-refractivity contribution in [1.29, 1.82) is 0 Å². The number of ether oxygens (including phenoxy) is 2. The lowest BCUT2D eigenvalue weighted by Crippen LogP contribution is -2.42. The van der Waals surface area contributed by atoms with Crippen LogP contribution in [-0.2, 0) is 6.42 Å². The van der Waals surface area contributed by atoms with Gasteiger partial charge in [-0.3, -0.25) is 9.98 Å². The van der Waals surface area contributed by atoms with E-state index in [-0.39, 0.29) is 30.0 Å². The van der Waals surface area contributed by atoms with Crippen LogP contribution >= 0.6 is 24.0 Å². The first-order valence-corrected chi connectivity index (χ1v) is 9.31. The average Bonchev–Trinajstić information content (AvgIpc) is 2.72. The number of nitrogens with one attached hydrogen (secondary N) is 2. The minimum absolute atomic E-state index is 0. The lowest BCUT2D eigenvalue weighted by molar-refractivity contribution is 0.295. The fraction of sp³-hybridized carbons (Fsp3) is 0.429. The van der Waals surface area contributed by atoms with Crippen LogP contribution in [0.2, 0.25) is 0 Å². The second-order valence-electron chi connectivity index (χ2n) is 6.54. The van der Waals surface area contributed by atoms with Gasteiger partial charge in [0, 0.05) is 38.4 Å². The molecule has 1 heterocycles. The molecule has 1 atom stereocenters. The summed E-state index contributed by atoms with van der Waals surface area (Å²) in [4.78, 5) is 10.8. The van der Waals surface area contributed by atoms with Crippen molar-refractivity contribution in [1.82, 2.24) is 20.5 Å². The van der Waals surface area contributed by atoms with E-state index in [2.05, 4.69) is 45.7 Å². The molecule has 0 fully saturated rings. The van der Waals surface area contributed by atoms with Gasteiger partial charge in [0.05, 0.1) is 20.3 Å². The Hall–Kier alpha value is -2.07. The predicted molar refractivity (Wildman–Crippen MR) is 129 cm³/mol. The number of nitrogens with zero attached hydrogens (tertiary/aromatic N) is 3. The summed E-state index contributed by atoms with van der Waals surface area (Å²) in [6, 6.07) is 12.1. The third kappa shape index (κ3) is 7.69. The van der Waals surface area contributed by atoms with Gasteiger partial charge in [-0.15, -0.1) is 24.0 Å². The third-order valence-corrected chi connectivity index (χ3v) is 4.50. The normalized spacial score (nSPS) is 12.1. The lowest BCUT2D eigenvalue weighted by atomic mass is 10.1. The molecule has 7 nitrogen and oxygen atoms in total. The highest BCUT2D eigenvalue weighted by molar-refractivity contribution is 14.0. The molecule has 1 aromatic heterocycles. The Balaban J connectivity index is 0.00000420. The van der Waals surface area contributed by atoms with Crippen molar-refractivity contribution >= 4 is 29.9 Å². The van der Waals surface area contributed by atoms with Gasteiger partial charge in [-0.2, -0.15) is 0 Å². The van der Waals surface area contributed by atoms with Gasteiger partial charge in [0.15, 0.2) is 17.5 Å². The van der Waals surface area contributed by atoms with Crippen LogP contribution < -0.4 is 20.1 Å². The molecule has 0 saturated heterocycles. The Morgan fingerprint density at radius 1 is 1.10 bits per heavy atom. The van der Waals surface area contributed by atoms with Crippen LogP contribution in [-0.4, -0.2) is 64.3 Å². The number of aromatic nitrogens is 1. The van der Waals surface area contributed by atoms with E-state index >= 15 is 0 Å². The summed E-state index contributed by atoms with van der Waals surface area (Å²) in [5.74, 6) is 2.22. The summed E-state index contributed by atoms with van der Waals surface area (Å²) in [6.07, 6.45) is 2.65. The molecule has 0 aliphatic carbocycles. The van der Waals surface area contributed by atoms with Gasteiger partial charge >= 0.3 is 0 Å². The Labute approximate surface area is 190 Å². The van der Waals surface area contributed by atoms with Crippen LogP contribution in [0.5, 0.6) is 11.5 Å². The average molecular weight is 513 g/mol. The molecule has 0 bridgehead atoms. The van der Waals surface area contributed by atoms with Gasteiger partial charge in [-0.25, -0.2) is 0 Å². The van der Waals surface area contributed by atoms with Crippen molar-refractivity contribution in [2.75, 3.05) is 48.5 Å². The summed E-state index contributed by atoms with van der Waals surface area (Å²) in [7, 11) is 9.18. The smallest absolute Gasteiger partial charge is 0.191 e. The number of hydrogen-bond acceptors (Lipinski definition) is 5. The second-order valence-corrected chi connectivity index (χ2v) is 6.54. The fourth-order valence-electron chi connectivity index (χ4n) is 2.93. The van der Waals surface area contributed by atoms with Gasteiger partial charge in [0.2, 0.25) is 0 Å². The summed E-state index contributed by atoms with van der Waals surface area (Å²) < 4.78 is 10.8. The molecule has 160 valence electrons. The molecule has 2 N–H and O–H groups in total. The Kier molecular flexibility index (Phi) is 11.4.